The van der Waals surface area contributed by atoms with Gasteiger partial charge < -0.3 is 0 Å². The van der Waals surface area contributed by atoms with E-state index in [4.69, 9.17) is 0 Å². The van der Waals surface area contributed by atoms with Crippen molar-refractivity contribution in [3.8, 4) is 0 Å². The fourth-order valence-electron chi connectivity index (χ4n) is 1.64. The third-order valence-electron chi connectivity index (χ3n) is 2.69. The van der Waals surface area contributed by atoms with Gasteiger partial charge in [0, 0.05) is 0 Å². The second-order valence-electron chi connectivity index (χ2n) is 4.79. The van der Waals surface area contributed by atoms with Gasteiger partial charge in [0.1, 0.15) is 0 Å². The summed E-state index contributed by atoms with van der Waals surface area (Å²) in [6.07, 6.45) is 17.2. The second-order valence-corrected chi connectivity index (χ2v) is 4.79. The van der Waals surface area contributed by atoms with Crippen LogP contribution in [0.15, 0.2) is 35.5 Å². The number of hydrogen-bond donors (Lipinski definition) is 0. The molecule has 0 saturated heterocycles. The maximum atomic E-state index is 3.26. The Morgan fingerprint density at radius 1 is 0.824 bits per heavy atom. The van der Waals surface area contributed by atoms with Gasteiger partial charge in [0.05, 0.1) is 0 Å². The Morgan fingerprint density at radius 3 is 1.29 bits per heavy atom. The molecule has 0 aromatic rings. The zero-order valence-electron chi connectivity index (χ0n) is 11.2. The van der Waals surface area contributed by atoms with Gasteiger partial charge in [-0.05, 0) is 0 Å². The molecule has 0 aliphatic heterocycles. The summed E-state index contributed by atoms with van der Waals surface area (Å²) < 4.78 is 0. The first-order valence-electron chi connectivity index (χ1n) is 6.15. The van der Waals surface area contributed by atoms with Gasteiger partial charge in [-0.1, -0.05) is 39.5 Å². The van der Waals surface area contributed by atoms with Crippen LogP contribution in [-0.2, 0) is 19.5 Å². The molecule has 0 fully saturated rings. The van der Waals surface area contributed by atoms with E-state index in [-0.39, 0.29) is 19.5 Å². The molecule has 0 atom stereocenters. The molecule has 0 unspecified atom stereocenters. The van der Waals surface area contributed by atoms with Gasteiger partial charge >= 0.3 is 19.5 Å². The van der Waals surface area contributed by atoms with Crippen molar-refractivity contribution in [3.63, 3.8) is 0 Å². The summed E-state index contributed by atoms with van der Waals surface area (Å²) in [5.74, 6) is 1.32. The first-order chi connectivity index (χ1) is 7.61. The van der Waals surface area contributed by atoms with E-state index in [2.05, 4.69) is 64.2 Å². The predicted octanol–water partition coefficient (Wildman–Crippen LogP) is 4.66. The average Bonchev–Trinajstić information content (AvgIpc) is 2.93. The van der Waals surface area contributed by atoms with Crippen molar-refractivity contribution in [1.82, 2.24) is 0 Å². The van der Waals surface area contributed by atoms with E-state index in [1.165, 1.54) is 11.1 Å². The van der Waals surface area contributed by atoms with Crippen LogP contribution in [0.5, 0.6) is 0 Å². The van der Waals surface area contributed by atoms with Crippen LogP contribution in [0.4, 0.5) is 0 Å². The molecule has 0 nitrogen and oxygen atoms in total. The fraction of sp³-hybridized carbons (Fsp3) is 0.500. The smallest absolute Gasteiger partial charge is 0.269 e. The normalized spacial score (nSPS) is 16.6. The fourth-order valence-corrected chi connectivity index (χ4v) is 1.64. The summed E-state index contributed by atoms with van der Waals surface area (Å²) in [7, 11) is 0. The molecule has 0 amide bonds. The quantitative estimate of drug-likeness (QED) is 0.513. The summed E-state index contributed by atoms with van der Waals surface area (Å²) in [6.45, 7) is 8.77. The zero-order valence-corrected chi connectivity index (χ0v) is 13.0. The Kier molecular flexibility index (Phi) is 8.43. The molecule has 0 N–H and O–H groups in total. The average molecular weight is 315 g/mol. The number of hydrogen-bond acceptors (Lipinski definition) is 0. The van der Waals surface area contributed by atoms with Crippen molar-refractivity contribution in [2.24, 2.45) is 11.8 Å². The summed E-state index contributed by atoms with van der Waals surface area (Å²) in [6, 6.07) is 0. The summed E-state index contributed by atoms with van der Waals surface area (Å²) in [4.78, 5) is 0. The molecular weight excluding hydrogens is 293 g/mol. The maximum absolute atomic E-state index is 3.26. The van der Waals surface area contributed by atoms with Gasteiger partial charge in [0.15, 0.2) is 0 Å². The minimum atomic E-state index is 0. The molecule has 0 spiro atoms. The van der Waals surface area contributed by atoms with Crippen LogP contribution in [0.2, 0.25) is 0 Å². The van der Waals surface area contributed by atoms with Crippen molar-refractivity contribution in [3.05, 3.63) is 47.6 Å². The van der Waals surface area contributed by atoms with E-state index in [1.54, 1.807) is 0 Å². The van der Waals surface area contributed by atoms with Crippen LogP contribution in [0.25, 0.3) is 0 Å². The molecule has 0 bridgehead atoms. The Hall–Kier alpha value is -0.417. The van der Waals surface area contributed by atoms with Crippen molar-refractivity contribution >= 4 is 0 Å². The van der Waals surface area contributed by atoms with E-state index in [1.807, 2.05) is 0 Å². The molecule has 0 heterocycles. The molecular formula is C16H22Ru. The van der Waals surface area contributed by atoms with Crippen LogP contribution < -0.4 is 0 Å². The topological polar surface area (TPSA) is 0 Å². The van der Waals surface area contributed by atoms with E-state index in [9.17, 15) is 0 Å². The van der Waals surface area contributed by atoms with Crippen LogP contribution in [0.1, 0.15) is 40.5 Å². The van der Waals surface area contributed by atoms with Crippen LogP contribution >= 0.6 is 0 Å². The molecule has 0 aromatic heterocycles. The van der Waals surface area contributed by atoms with E-state index in [0.717, 1.165) is 12.8 Å². The Bertz CT molecular complexity index is 293. The van der Waals surface area contributed by atoms with Crippen LogP contribution in [-0.4, -0.2) is 0 Å². The molecule has 0 radical (unpaired) electrons. The van der Waals surface area contributed by atoms with Gasteiger partial charge in [-0.2, -0.15) is 12.2 Å². The van der Waals surface area contributed by atoms with Crippen molar-refractivity contribution in [2.45, 2.75) is 40.5 Å². The van der Waals surface area contributed by atoms with Gasteiger partial charge in [0.2, 0.25) is 0 Å². The molecule has 1 heteroatoms. The monoisotopic (exact) mass is 316 g/mol. The largest absolute Gasteiger partial charge is 2.00 e. The van der Waals surface area contributed by atoms with Crippen molar-refractivity contribution in [2.75, 3.05) is 0 Å². The first-order valence-corrected chi connectivity index (χ1v) is 6.15. The van der Waals surface area contributed by atoms with Crippen molar-refractivity contribution < 1.29 is 19.5 Å². The Balaban J connectivity index is 0.000000284. The number of allylic oxidation sites excluding steroid dienone is 8. The molecule has 94 valence electrons. The van der Waals surface area contributed by atoms with Crippen LogP contribution in [0.3, 0.4) is 0 Å². The minimum absolute atomic E-state index is 0. The van der Waals surface area contributed by atoms with Crippen molar-refractivity contribution in [1.29, 1.82) is 0 Å². The predicted molar refractivity (Wildman–Crippen MR) is 70.7 cm³/mol. The molecule has 0 saturated carbocycles. The molecule has 0 aromatic carbocycles. The van der Waals surface area contributed by atoms with E-state index < -0.39 is 0 Å². The summed E-state index contributed by atoms with van der Waals surface area (Å²) in [5, 5.41) is 0. The molecule has 2 aliphatic carbocycles. The molecule has 2 aliphatic rings. The van der Waals surface area contributed by atoms with Crippen LogP contribution in [0, 0.1) is 24.0 Å². The van der Waals surface area contributed by atoms with E-state index >= 15 is 0 Å². The SMILES string of the molecule is CC(C)C1=[C-]CC=C1.CC(C)C1=[C-]CC=C1.[Ru+2]. The third-order valence-corrected chi connectivity index (χ3v) is 2.69. The molecule has 17 heavy (non-hydrogen) atoms. The minimum Gasteiger partial charge on any atom is -0.269 e. The van der Waals surface area contributed by atoms with Gasteiger partial charge in [-0.15, -0.1) is 12.8 Å². The maximum Gasteiger partial charge on any atom is 2.00 e. The second kappa shape index (κ2) is 8.64. The van der Waals surface area contributed by atoms with Gasteiger partial charge in [-0.25, -0.2) is 23.3 Å². The Labute approximate surface area is 119 Å². The standard InChI is InChI=1S/2C8H11.Ru/c2*1-7(2)8-5-3-4-6-8;/h2*3,5,7H,4H2,1-2H3;/q2*-1;+2. The van der Waals surface area contributed by atoms with Gasteiger partial charge in [0.25, 0.3) is 0 Å². The van der Waals surface area contributed by atoms with Gasteiger partial charge in [-0.3, -0.25) is 12.2 Å². The zero-order chi connectivity index (χ0) is 12.0. The molecule has 2 rings (SSSR count). The van der Waals surface area contributed by atoms with E-state index in [0.29, 0.717) is 11.8 Å². The Morgan fingerprint density at radius 2 is 1.18 bits per heavy atom. The first kappa shape index (κ1) is 16.6. The summed E-state index contributed by atoms with van der Waals surface area (Å²) >= 11 is 0. The third kappa shape index (κ3) is 6.17. The number of rotatable bonds is 2. The summed E-state index contributed by atoms with van der Waals surface area (Å²) in [5.41, 5.74) is 2.73.